The van der Waals surface area contributed by atoms with Crippen molar-refractivity contribution >= 4 is 27.9 Å². The number of nitrogen functional groups attached to an aromatic ring is 1. The van der Waals surface area contributed by atoms with Gasteiger partial charge >= 0.3 is 0 Å². The van der Waals surface area contributed by atoms with Crippen LogP contribution in [-0.2, 0) is 6.42 Å². The molecule has 0 radical (unpaired) electrons. The van der Waals surface area contributed by atoms with E-state index in [1.807, 2.05) is 36.4 Å². The van der Waals surface area contributed by atoms with Gasteiger partial charge in [-0.15, -0.1) is 11.3 Å². The van der Waals surface area contributed by atoms with E-state index in [1.54, 1.807) is 0 Å². The molecule has 1 aromatic carbocycles. The maximum Gasteiger partial charge on any atom is 0.261 e. The second-order valence-corrected chi connectivity index (χ2v) is 5.21. The minimum atomic E-state index is -0.611. The summed E-state index contributed by atoms with van der Waals surface area (Å²) in [4.78, 5) is 11.4. The molecular formula is C14H14N4OS. The fourth-order valence-electron chi connectivity index (χ4n) is 1.83. The molecule has 102 valence electrons. The monoisotopic (exact) mass is 286 g/mol. The number of hydrogen-bond acceptors (Lipinski definition) is 5. The molecule has 0 aliphatic carbocycles. The van der Waals surface area contributed by atoms with Crippen molar-refractivity contribution in [1.29, 1.82) is 5.26 Å². The maximum absolute atomic E-state index is 11.2. The van der Waals surface area contributed by atoms with Crippen molar-refractivity contribution in [3.63, 3.8) is 0 Å². The van der Waals surface area contributed by atoms with Crippen LogP contribution >= 0.6 is 11.3 Å². The third-order valence-electron chi connectivity index (χ3n) is 2.82. The zero-order chi connectivity index (χ0) is 14.5. The molecule has 1 heterocycles. The predicted molar refractivity (Wildman–Crippen MR) is 80.6 cm³/mol. The van der Waals surface area contributed by atoms with Crippen LogP contribution in [0.25, 0.3) is 0 Å². The Morgan fingerprint density at radius 2 is 2.05 bits per heavy atom. The number of nitriles is 1. The highest BCUT2D eigenvalue weighted by molar-refractivity contribution is 7.18. The topological polar surface area (TPSA) is 105 Å². The number of nitrogens with zero attached hydrogens (tertiary/aromatic N) is 1. The van der Waals surface area contributed by atoms with Gasteiger partial charge in [0.25, 0.3) is 5.91 Å². The summed E-state index contributed by atoms with van der Waals surface area (Å²) in [6.07, 6.45) is 0.815. The van der Waals surface area contributed by atoms with Crippen molar-refractivity contribution in [3.05, 3.63) is 46.3 Å². The molecule has 20 heavy (non-hydrogen) atoms. The molecular weight excluding hydrogens is 272 g/mol. The van der Waals surface area contributed by atoms with Crippen molar-refractivity contribution in [2.45, 2.75) is 6.42 Å². The van der Waals surface area contributed by atoms with E-state index in [2.05, 4.69) is 5.32 Å². The van der Waals surface area contributed by atoms with Gasteiger partial charge in [0.05, 0.1) is 5.69 Å². The molecule has 2 aromatic rings. The Kier molecular flexibility index (Phi) is 4.23. The Balaban J connectivity index is 2.08. The molecule has 6 heteroatoms. The largest absolute Gasteiger partial charge is 0.396 e. The number of amides is 1. The van der Waals surface area contributed by atoms with Crippen LogP contribution in [-0.4, -0.2) is 12.5 Å². The molecule has 0 aliphatic heterocycles. The fraction of sp³-hybridized carbons (Fsp3) is 0.143. The van der Waals surface area contributed by atoms with Crippen molar-refractivity contribution in [3.8, 4) is 6.07 Å². The standard InChI is InChI=1S/C14H14N4OS/c15-8-10-11(16)12(13(17)19)20-14(10)18-7-6-9-4-2-1-3-5-9/h1-5,18H,6-7,16H2,(H2,17,19). The van der Waals surface area contributed by atoms with E-state index < -0.39 is 5.91 Å². The first-order valence-electron chi connectivity index (χ1n) is 6.03. The van der Waals surface area contributed by atoms with E-state index in [0.717, 1.165) is 17.8 Å². The average molecular weight is 286 g/mol. The number of nitrogens with two attached hydrogens (primary N) is 2. The number of anilines is 2. The summed E-state index contributed by atoms with van der Waals surface area (Å²) in [5, 5.41) is 12.8. The molecule has 0 bridgehead atoms. The van der Waals surface area contributed by atoms with Crippen LogP contribution in [0.4, 0.5) is 10.7 Å². The first-order valence-corrected chi connectivity index (χ1v) is 6.85. The molecule has 0 atom stereocenters. The summed E-state index contributed by atoms with van der Waals surface area (Å²) in [5.41, 5.74) is 12.6. The van der Waals surface area contributed by atoms with Crippen LogP contribution in [0, 0.1) is 11.3 Å². The second-order valence-electron chi connectivity index (χ2n) is 4.19. The predicted octanol–water partition coefficient (Wildman–Crippen LogP) is 1.96. The normalized spacial score (nSPS) is 9.95. The summed E-state index contributed by atoms with van der Waals surface area (Å²) in [5.74, 6) is -0.611. The Morgan fingerprint density at radius 1 is 1.35 bits per heavy atom. The lowest BCUT2D eigenvalue weighted by atomic mass is 10.1. The number of hydrogen-bond donors (Lipinski definition) is 3. The van der Waals surface area contributed by atoms with E-state index >= 15 is 0 Å². The highest BCUT2D eigenvalue weighted by Gasteiger charge is 2.18. The minimum Gasteiger partial charge on any atom is -0.396 e. The Morgan fingerprint density at radius 3 is 2.65 bits per heavy atom. The molecule has 5 nitrogen and oxygen atoms in total. The Bertz CT molecular complexity index is 658. The summed E-state index contributed by atoms with van der Waals surface area (Å²) < 4.78 is 0. The number of benzene rings is 1. The Hall–Kier alpha value is -2.52. The molecule has 0 saturated heterocycles. The number of carbonyl (C=O) groups is 1. The third-order valence-corrected chi connectivity index (χ3v) is 4.00. The zero-order valence-electron chi connectivity index (χ0n) is 10.7. The molecule has 1 aromatic heterocycles. The molecule has 0 unspecified atom stereocenters. The van der Waals surface area contributed by atoms with E-state index in [1.165, 1.54) is 5.56 Å². The van der Waals surface area contributed by atoms with E-state index in [4.69, 9.17) is 16.7 Å². The van der Waals surface area contributed by atoms with Gasteiger partial charge in [0, 0.05) is 6.54 Å². The van der Waals surface area contributed by atoms with Gasteiger partial charge < -0.3 is 16.8 Å². The van der Waals surface area contributed by atoms with Gasteiger partial charge in [-0.05, 0) is 12.0 Å². The third kappa shape index (κ3) is 2.90. The summed E-state index contributed by atoms with van der Waals surface area (Å²) >= 11 is 1.12. The van der Waals surface area contributed by atoms with Gasteiger partial charge in [-0.3, -0.25) is 4.79 Å². The molecule has 5 N–H and O–H groups in total. The highest BCUT2D eigenvalue weighted by atomic mass is 32.1. The molecule has 2 rings (SSSR count). The van der Waals surface area contributed by atoms with Gasteiger partial charge in [-0.25, -0.2) is 0 Å². The first kappa shape index (κ1) is 13.9. The van der Waals surface area contributed by atoms with Gasteiger partial charge in [0.2, 0.25) is 0 Å². The van der Waals surface area contributed by atoms with Gasteiger partial charge in [-0.2, -0.15) is 5.26 Å². The average Bonchev–Trinajstić information content (AvgIpc) is 2.76. The minimum absolute atomic E-state index is 0.159. The quantitative estimate of drug-likeness (QED) is 0.781. The molecule has 0 spiro atoms. The smallest absolute Gasteiger partial charge is 0.261 e. The second kappa shape index (κ2) is 6.08. The van der Waals surface area contributed by atoms with Crippen molar-refractivity contribution in [2.75, 3.05) is 17.6 Å². The van der Waals surface area contributed by atoms with E-state index in [9.17, 15) is 4.79 Å². The highest BCUT2D eigenvalue weighted by Crippen LogP contribution is 2.34. The van der Waals surface area contributed by atoms with Gasteiger partial charge in [-0.1, -0.05) is 30.3 Å². The van der Waals surface area contributed by atoms with E-state index in [-0.39, 0.29) is 16.1 Å². The van der Waals surface area contributed by atoms with Gasteiger partial charge in [0.15, 0.2) is 0 Å². The Labute approximate surface area is 120 Å². The van der Waals surface area contributed by atoms with Gasteiger partial charge in [0.1, 0.15) is 21.5 Å². The number of primary amides is 1. The van der Waals surface area contributed by atoms with Crippen molar-refractivity contribution in [1.82, 2.24) is 0 Å². The molecule has 0 aliphatic rings. The summed E-state index contributed by atoms with van der Waals surface area (Å²) in [6, 6.07) is 12.0. The molecule has 0 fully saturated rings. The summed E-state index contributed by atoms with van der Waals surface area (Å²) in [7, 11) is 0. The maximum atomic E-state index is 11.2. The molecule has 1 amide bonds. The number of thiophene rings is 1. The lowest BCUT2D eigenvalue weighted by Gasteiger charge is -2.04. The molecule has 0 saturated carbocycles. The van der Waals surface area contributed by atoms with Crippen molar-refractivity contribution in [2.24, 2.45) is 5.73 Å². The SMILES string of the molecule is N#Cc1c(NCCc2ccccc2)sc(C(N)=O)c1N. The number of nitrogens with one attached hydrogen (secondary N) is 1. The number of carbonyl (C=O) groups excluding carboxylic acids is 1. The van der Waals surface area contributed by atoms with Crippen LogP contribution in [0.2, 0.25) is 0 Å². The zero-order valence-corrected chi connectivity index (χ0v) is 11.5. The van der Waals surface area contributed by atoms with Crippen LogP contribution in [0.5, 0.6) is 0 Å². The first-order chi connectivity index (χ1) is 9.63. The van der Waals surface area contributed by atoms with Crippen LogP contribution < -0.4 is 16.8 Å². The lowest BCUT2D eigenvalue weighted by Crippen LogP contribution is -2.10. The lowest BCUT2D eigenvalue weighted by molar-refractivity contribution is 0.100. The van der Waals surface area contributed by atoms with Crippen LogP contribution in [0.3, 0.4) is 0 Å². The van der Waals surface area contributed by atoms with E-state index in [0.29, 0.717) is 11.5 Å². The van der Waals surface area contributed by atoms with Crippen LogP contribution in [0.15, 0.2) is 30.3 Å². The fourth-order valence-corrected chi connectivity index (χ4v) is 2.78. The van der Waals surface area contributed by atoms with Crippen molar-refractivity contribution < 1.29 is 4.79 Å². The van der Waals surface area contributed by atoms with Crippen LogP contribution in [0.1, 0.15) is 20.8 Å². The summed E-state index contributed by atoms with van der Waals surface area (Å²) in [6.45, 7) is 0.650. The number of rotatable bonds is 5.